The summed E-state index contributed by atoms with van der Waals surface area (Å²) in [4.78, 5) is 0. The smallest absolute Gasteiger partial charge is 0.144 e. The third-order valence-electron chi connectivity index (χ3n) is 1.16. The molecule has 0 heterocycles. The largest absolute Gasteiger partial charge is 0.234 e. The van der Waals surface area contributed by atoms with Gasteiger partial charge < -0.3 is 0 Å². The Kier molecular flexibility index (Phi) is 5.76. The van der Waals surface area contributed by atoms with E-state index >= 15 is 0 Å². The van der Waals surface area contributed by atoms with Crippen molar-refractivity contribution in [2.45, 2.75) is 38.4 Å². The molecule has 0 amide bonds. The van der Waals surface area contributed by atoms with Gasteiger partial charge >= 0.3 is 0 Å². The molecule has 0 saturated heterocycles. The Bertz CT molecular complexity index is 174. The van der Waals surface area contributed by atoms with Crippen LogP contribution in [0.2, 0.25) is 0 Å². The molecule has 0 saturated carbocycles. The molecule has 0 rings (SSSR count). The van der Waals surface area contributed by atoms with Crippen molar-refractivity contribution >= 4 is 28.8 Å². The third kappa shape index (κ3) is 5.72. The van der Waals surface area contributed by atoms with E-state index in [0.29, 0.717) is 5.88 Å². The summed E-state index contributed by atoms with van der Waals surface area (Å²) in [7, 11) is -1.11. The van der Waals surface area contributed by atoms with Gasteiger partial charge in [0, 0.05) is 12.1 Å². The van der Waals surface area contributed by atoms with E-state index in [-0.39, 0.29) is 4.75 Å². The normalized spacial score (nSPS) is 15.3. The van der Waals surface area contributed by atoms with Crippen molar-refractivity contribution in [2.24, 2.45) is 4.40 Å². The lowest BCUT2D eigenvalue weighted by atomic mass is 10.3. The monoisotopic (exact) mass is 209 g/mol. The van der Waals surface area contributed by atoms with Crippen LogP contribution in [0.5, 0.6) is 0 Å². The highest BCUT2D eigenvalue weighted by molar-refractivity contribution is 7.85. The first-order valence-corrected chi connectivity index (χ1v) is 5.63. The van der Waals surface area contributed by atoms with E-state index in [1.165, 1.54) is 0 Å². The summed E-state index contributed by atoms with van der Waals surface area (Å²) in [6.07, 6.45) is 3.40. The molecule has 0 fully saturated rings. The molecule has 12 heavy (non-hydrogen) atoms. The van der Waals surface area contributed by atoms with Gasteiger partial charge in [0.15, 0.2) is 0 Å². The van der Waals surface area contributed by atoms with Crippen molar-refractivity contribution in [1.29, 1.82) is 0 Å². The van der Waals surface area contributed by atoms with Crippen LogP contribution in [0, 0.1) is 0 Å². The first-order chi connectivity index (χ1) is 5.48. The summed E-state index contributed by atoms with van der Waals surface area (Å²) in [5.41, 5.74) is 0. The SMILES string of the molecule is CC(C)(C)[S@@](=O)/N=C/CCCCl. The quantitative estimate of drug-likeness (QED) is 0.398. The highest BCUT2D eigenvalue weighted by atomic mass is 35.5. The summed E-state index contributed by atoms with van der Waals surface area (Å²) in [5, 5.41) is 0. The van der Waals surface area contributed by atoms with Gasteiger partial charge in [-0.3, -0.25) is 0 Å². The molecule has 0 spiro atoms. The molecule has 4 heteroatoms. The highest BCUT2D eigenvalue weighted by Gasteiger charge is 2.17. The molecule has 0 bridgehead atoms. The Morgan fingerprint density at radius 3 is 2.50 bits per heavy atom. The molecule has 0 aromatic rings. The minimum atomic E-state index is -1.11. The molecule has 0 aromatic carbocycles. The van der Waals surface area contributed by atoms with Gasteiger partial charge in [0.25, 0.3) is 0 Å². The maximum Gasteiger partial charge on any atom is 0.144 e. The maximum absolute atomic E-state index is 11.3. The summed E-state index contributed by atoms with van der Waals surface area (Å²) in [5.74, 6) is 0.633. The molecule has 0 aromatic heterocycles. The zero-order valence-corrected chi connectivity index (χ0v) is 9.41. The average Bonchev–Trinajstić information content (AvgIpc) is 1.96. The average molecular weight is 210 g/mol. The fourth-order valence-electron chi connectivity index (χ4n) is 0.447. The number of hydrogen-bond acceptors (Lipinski definition) is 1. The van der Waals surface area contributed by atoms with Gasteiger partial charge in [0.05, 0.1) is 4.75 Å². The molecule has 72 valence electrons. The second kappa shape index (κ2) is 5.70. The lowest BCUT2D eigenvalue weighted by Gasteiger charge is -2.12. The van der Waals surface area contributed by atoms with Crippen LogP contribution in [0.4, 0.5) is 0 Å². The van der Waals surface area contributed by atoms with E-state index in [2.05, 4.69) is 4.40 Å². The minimum Gasteiger partial charge on any atom is -0.234 e. The molecule has 2 nitrogen and oxygen atoms in total. The minimum absolute atomic E-state index is 0.253. The fraction of sp³-hybridized carbons (Fsp3) is 0.875. The first-order valence-electron chi connectivity index (χ1n) is 3.99. The van der Waals surface area contributed by atoms with E-state index < -0.39 is 11.0 Å². The lowest BCUT2D eigenvalue weighted by Crippen LogP contribution is -2.19. The highest BCUT2D eigenvalue weighted by Crippen LogP contribution is 2.11. The van der Waals surface area contributed by atoms with Crippen molar-refractivity contribution in [1.82, 2.24) is 0 Å². The van der Waals surface area contributed by atoms with E-state index in [9.17, 15) is 4.21 Å². The Morgan fingerprint density at radius 1 is 1.50 bits per heavy atom. The van der Waals surface area contributed by atoms with Gasteiger partial charge in [0.1, 0.15) is 11.0 Å². The topological polar surface area (TPSA) is 29.4 Å². The Hall–Kier alpha value is 0.110. The molecular weight excluding hydrogens is 194 g/mol. The van der Waals surface area contributed by atoms with E-state index in [1.54, 1.807) is 6.21 Å². The van der Waals surface area contributed by atoms with Crippen molar-refractivity contribution in [3.05, 3.63) is 0 Å². The summed E-state index contributed by atoms with van der Waals surface area (Å²) in [6.45, 7) is 5.71. The molecule has 0 N–H and O–H groups in total. The second-order valence-corrected chi connectivity index (χ2v) is 5.79. The summed E-state index contributed by atoms with van der Waals surface area (Å²) >= 11 is 5.47. The summed E-state index contributed by atoms with van der Waals surface area (Å²) in [6, 6.07) is 0. The molecule has 0 aliphatic heterocycles. The van der Waals surface area contributed by atoms with Gasteiger partial charge in [-0.2, -0.15) is 4.40 Å². The fourth-order valence-corrected chi connectivity index (χ4v) is 1.16. The van der Waals surface area contributed by atoms with Crippen molar-refractivity contribution in [3.8, 4) is 0 Å². The number of rotatable bonds is 4. The zero-order valence-electron chi connectivity index (χ0n) is 7.84. The standard InChI is InChI=1S/C8H16ClNOS/c1-8(2,3)12(11)10-7-5-4-6-9/h7H,4-6H2,1-3H3/b10-7+/t12-/m1/s1. The molecule has 0 unspecified atom stereocenters. The number of hydrogen-bond donors (Lipinski definition) is 0. The van der Waals surface area contributed by atoms with Gasteiger partial charge in [-0.1, -0.05) is 0 Å². The first kappa shape index (κ1) is 12.1. The summed E-state index contributed by atoms with van der Waals surface area (Å²) < 4.78 is 15.0. The van der Waals surface area contributed by atoms with Crippen molar-refractivity contribution < 1.29 is 4.21 Å². The van der Waals surface area contributed by atoms with Crippen LogP contribution >= 0.6 is 11.6 Å². The molecule has 0 aliphatic carbocycles. The molecule has 0 radical (unpaired) electrons. The van der Waals surface area contributed by atoms with E-state index in [1.807, 2.05) is 20.8 Å². The van der Waals surface area contributed by atoms with E-state index in [0.717, 1.165) is 12.8 Å². The van der Waals surface area contributed by atoms with Crippen LogP contribution in [0.15, 0.2) is 4.40 Å². The Labute approximate surface area is 82.0 Å². The van der Waals surface area contributed by atoms with E-state index in [4.69, 9.17) is 11.6 Å². The zero-order chi connectivity index (χ0) is 9.61. The molecule has 1 atom stereocenters. The van der Waals surface area contributed by atoms with Gasteiger partial charge in [-0.25, -0.2) is 4.21 Å². The van der Waals surface area contributed by atoms with Gasteiger partial charge in [-0.15, -0.1) is 11.6 Å². The van der Waals surface area contributed by atoms with Gasteiger partial charge in [-0.05, 0) is 33.6 Å². The number of halogens is 1. The third-order valence-corrected chi connectivity index (χ3v) is 2.82. The van der Waals surface area contributed by atoms with Crippen LogP contribution in [-0.2, 0) is 11.0 Å². The van der Waals surface area contributed by atoms with Crippen LogP contribution in [0.25, 0.3) is 0 Å². The van der Waals surface area contributed by atoms with Crippen LogP contribution in [0.1, 0.15) is 33.6 Å². The predicted molar refractivity (Wildman–Crippen MR) is 56.3 cm³/mol. The molecule has 0 aliphatic rings. The number of unbranched alkanes of at least 4 members (excludes halogenated alkanes) is 1. The van der Waals surface area contributed by atoms with Crippen LogP contribution in [-0.4, -0.2) is 21.1 Å². The van der Waals surface area contributed by atoms with Crippen LogP contribution < -0.4 is 0 Å². The molecular formula is C8H16ClNOS. The van der Waals surface area contributed by atoms with Crippen molar-refractivity contribution in [2.75, 3.05) is 5.88 Å². The maximum atomic E-state index is 11.3. The van der Waals surface area contributed by atoms with Crippen molar-refractivity contribution in [3.63, 3.8) is 0 Å². The van der Waals surface area contributed by atoms with Gasteiger partial charge in [0.2, 0.25) is 0 Å². The number of nitrogens with zero attached hydrogens (tertiary/aromatic N) is 1. The Balaban J connectivity index is 3.77. The lowest BCUT2D eigenvalue weighted by molar-refractivity contribution is 0.650. The predicted octanol–water partition coefficient (Wildman–Crippen LogP) is 2.54. The van der Waals surface area contributed by atoms with Crippen LogP contribution in [0.3, 0.4) is 0 Å². The Morgan fingerprint density at radius 2 is 2.08 bits per heavy atom. The second-order valence-electron chi connectivity index (χ2n) is 3.48. The number of alkyl halides is 1.